The normalized spacial score (nSPS) is 20.2. The molecule has 0 aromatic heterocycles. The van der Waals surface area contributed by atoms with Crippen LogP contribution >= 0.6 is 0 Å². The van der Waals surface area contributed by atoms with Gasteiger partial charge in [-0.2, -0.15) is 0 Å². The first-order valence-corrected chi connectivity index (χ1v) is 9.39. The number of allylic oxidation sites excluding steroid dienone is 1. The van der Waals surface area contributed by atoms with Gasteiger partial charge in [0, 0.05) is 23.4 Å². The van der Waals surface area contributed by atoms with E-state index in [9.17, 15) is 0 Å². The zero-order valence-corrected chi connectivity index (χ0v) is 16.7. The minimum Gasteiger partial charge on any atom is -0.494 e. The van der Waals surface area contributed by atoms with Gasteiger partial charge in [-0.25, -0.2) is 0 Å². The monoisotopic (exact) mass is 350 g/mol. The van der Waals surface area contributed by atoms with Gasteiger partial charge in [0.1, 0.15) is 5.75 Å². The lowest BCUT2D eigenvalue weighted by atomic mass is 9.80. The van der Waals surface area contributed by atoms with E-state index in [-0.39, 0.29) is 11.6 Å². The molecule has 2 unspecified atom stereocenters. The van der Waals surface area contributed by atoms with E-state index in [1.54, 1.807) is 7.11 Å². The summed E-state index contributed by atoms with van der Waals surface area (Å²) in [6.07, 6.45) is 1.03. The Hall–Kier alpha value is -2.42. The van der Waals surface area contributed by atoms with E-state index >= 15 is 0 Å². The molecule has 0 amide bonds. The topological polar surface area (TPSA) is 33.3 Å². The van der Waals surface area contributed by atoms with Crippen LogP contribution in [0.4, 0.5) is 11.4 Å². The summed E-state index contributed by atoms with van der Waals surface area (Å²) in [5, 5.41) is 7.35. The summed E-state index contributed by atoms with van der Waals surface area (Å²) in [7, 11) is 1.74. The zero-order chi connectivity index (χ0) is 18.9. The molecule has 0 saturated heterocycles. The van der Waals surface area contributed by atoms with Crippen molar-refractivity contribution in [2.75, 3.05) is 17.7 Å². The second kappa shape index (κ2) is 7.06. The molecule has 2 N–H and O–H groups in total. The average molecular weight is 351 g/mol. The van der Waals surface area contributed by atoms with E-state index < -0.39 is 0 Å². The highest BCUT2D eigenvalue weighted by atomic mass is 16.5. The Morgan fingerprint density at radius 1 is 1.15 bits per heavy atom. The number of methoxy groups -OCH3 is 1. The van der Waals surface area contributed by atoms with E-state index in [2.05, 4.69) is 81.7 Å². The molecule has 3 rings (SSSR count). The SMILES string of the molecule is CCC1(C)Nc2c(OC)cc(NC(C)c3ccccc3)cc2C(C)=C1C. The number of nitrogens with one attached hydrogen (secondary N) is 2. The van der Waals surface area contributed by atoms with Crippen molar-refractivity contribution in [1.29, 1.82) is 0 Å². The van der Waals surface area contributed by atoms with Gasteiger partial charge in [0.25, 0.3) is 0 Å². The fourth-order valence-corrected chi connectivity index (χ4v) is 3.70. The molecule has 0 saturated carbocycles. The number of hydrogen-bond donors (Lipinski definition) is 2. The van der Waals surface area contributed by atoms with Crippen LogP contribution in [0.5, 0.6) is 5.75 Å². The van der Waals surface area contributed by atoms with Crippen molar-refractivity contribution >= 4 is 16.9 Å². The number of hydrogen-bond acceptors (Lipinski definition) is 3. The second-order valence-corrected chi connectivity index (χ2v) is 7.44. The summed E-state index contributed by atoms with van der Waals surface area (Å²) in [4.78, 5) is 0. The summed E-state index contributed by atoms with van der Waals surface area (Å²) < 4.78 is 5.74. The Kier molecular flexibility index (Phi) is 4.99. The van der Waals surface area contributed by atoms with Crippen LogP contribution < -0.4 is 15.4 Å². The molecule has 2 atom stereocenters. The highest BCUT2D eigenvalue weighted by molar-refractivity contribution is 5.88. The van der Waals surface area contributed by atoms with Crippen molar-refractivity contribution in [2.45, 2.75) is 52.6 Å². The van der Waals surface area contributed by atoms with Crippen LogP contribution in [0.2, 0.25) is 0 Å². The van der Waals surface area contributed by atoms with Gasteiger partial charge in [-0.05, 0) is 56.9 Å². The molecule has 1 aliphatic rings. The van der Waals surface area contributed by atoms with Crippen LogP contribution in [0, 0.1) is 0 Å². The molecule has 0 bridgehead atoms. The van der Waals surface area contributed by atoms with Crippen LogP contribution in [0.15, 0.2) is 48.0 Å². The van der Waals surface area contributed by atoms with Gasteiger partial charge >= 0.3 is 0 Å². The maximum absolute atomic E-state index is 5.74. The molecule has 1 heterocycles. The number of rotatable bonds is 5. The lowest BCUT2D eigenvalue weighted by Crippen LogP contribution is -2.38. The Balaban J connectivity index is 2.01. The van der Waals surface area contributed by atoms with Gasteiger partial charge in [-0.15, -0.1) is 0 Å². The van der Waals surface area contributed by atoms with Gasteiger partial charge in [0.2, 0.25) is 0 Å². The van der Waals surface area contributed by atoms with Crippen molar-refractivity contribution in [2.24, 2.45) is 0 Å². The fourth-order valence-electron chi connectivity index (χ4n) is 3.70. The maximum atomic E-state index is 5.74. The van der Waals surface area contributed by atoms with Gasteiger partial charge in [0.15, 0.2) is 0 Å². The molecule has 138 valence electrons. The lowest BCUT2D eigenvalue weighted by molar-refractivity contribution is 0.414. The first-order chi connectivity index (χ1) is 12.4. The Labute approximate surface area is 157 Å². The minimum atomic E-state index is -0.0311. The molecule has 0 radical (unpaired) electrons. The standard InChI is InChI=1S/C23H30N2O/c1-7-23(5)16(3)15(2)20-13-19(14-21(26-6)22(20)25-23)24-17(4)18-11-9-8-10-12-18/h8-14,17,24-25H,7H2,1-6H3. The minimum absolute atomic E-state index is 0.0311. The number of benzene rings is 2. The average Bonchev–Trinajstić information content (AvgIpc) is 2.67. The second-order valence-electron chi connectivity index (χ2n) is 7.44. The summed E-state index contributed by atoms with van der Waals surface area (Å²) in [5.74, 6) is 0.886. The van der Waals surface area contributed by atoms with Gasteiger partial charge in [-0.3, -0.25) is 0 Å². The van der Waals surface area contributed by atoms with Crippen LogP contribution in [-0.4, -0.2) is 12.6 Å². The Morgan fingerprint density at radius 3 is 2.46 bits per heavy atom. The quantitative estimate of drug-likeness (QED) is 0.668. The predicted molar refractivity (Wildman–Crippen MR) is 112 cm³/mol. The molecule has 3 nitrogen and oxygen atoms in total. The first-order valence-electron chi connectivity index (χ1n) is 9.39. The van der Waals surface area contributed by atoms with Crippen molar-refractivity contribution in [3.8, 4) is 5.75 Å². The van der Waals surface area contributed by atoms with E-state index in [1.807, 2.05) is 6.07 Å². The summed E-state index contributed by atoms with van der Waals surface area (Å²) in [6, 6.07) is 15.0. The predicted octanol–water partition coefficient (Wildman–Crippen LogP) is 6.26. The molecular formula is C23H30N2O. The van der Waals surface area contributed by atoms with Crippen LogP contribution in [0.1, 0.15) is 58.2 Å². The smallest absolute Gasteiger partial charge is 0.144 e. The summed E-state index contributed by atoms with van der Waals surface area (Å²) >= 11 is 0. The van der Waals surface area contributed by atoms with Crippen molar-refractivity contribution in [3.63, 3.8) is 0 Å². The lowest BCUT2D eigenvalue weighted by Gasteiger charge is -2.39. The van der Waals surface area contributed by atoms with E-state index in [0.717, 1.165) is 23.5 Å². The van der Waals surface area contributed by atoms with Gasteiger partial charge in [-0.1, -0.05) is 37.3 Å². The summed E-state index contributed by atoms with van der Waals surface area (Å²) in [6.45, 7) is 11.1. The third kappa shape index (κ3) is 3.18. The number of fused-ring (bicyclic) bond motifs is 1. The third-order valence-corrected chi connectivity index (χ3v) is 5.91. The van der Waals surface area contributed by atoms with Crippen molar-refractivity contribution in [3.05, 3.63) is 59.2 Å². The molecule has 26 heavy (non-hydrogen) atoms. The van der Waals surface area contributed by atoms with E-state index in [0.29, 0.717) is 0 Å². The molecule has 2 aromatic rings. The number of ether oxygens (including phenoxy) is 1. The highest BCUT2D eigenvalue weighted by Gasteiger charge is 2.33. The largest absolute Gasteiger partial charge is 0.494 e. The number of anilines is 2. The highest BCUT2D eigenvalue weighted by Crippen LogP contribution is 2.46. The first kappa shape index (κ1) is 18.4. The molecule has 3 heteroatoms. The van der Waals surface area contributed by atoms with Crippen molar-refractivity contribution in [1.82, 2.24) is 0 Å². The van der Waals surface area contributed by atoms with Gasteiger partial charge < -0.3 is 15.4 Å². The van der Waals surface area contributed by atoms with Crippen LogP contribution in [-0.2, 0) is 0 Å². The molecule has 0 spiro atoms. The van der Waals surface area contributed by atoms with Crippen LogP contribution in [0.3, 0.4) is 0 Å². The fraction of sp³-hybridized carbons (Fsp3) is 0.391. The zero-order valence-electron chi connectivity index (χ0n) is 16.7. The van der Waals surface area contributed by atoms with Gasteiger partial charge in [0.05, 0.1) is 18.3 Å². The molecule has 0 fully saturated rings. The van der Waals surface area contributed by atoms with Crippen LogP contribution in [0.25, 0.3) is 5.57 Å². The Morgan fingerprint density at radius 2 is 1.85 bits per heavy atom. The third-order valence-electron chi connectivity index (χ3n) is 5.91. The summed E-state index contributed by atoms with van der Waals surface area (Å²) in [5.41, 5.74) is 7.35. The maximum Gasteiger partial charge on any atom is 0.144 e. The van der Waals surface area contributed by atoms with E-state index in [4.69, 9.17) is 4.74 Å². The molecular weight excluding hydrogens is 320 g/mol. The van der Waals surface area contributed by atoms with Crippen molar-refractivity contribution < 1.29 is 4.74 Å². The molecule has 2 aromatic carbocycles. The Bertz CT molecular complexity index is 826. The molecule has 1 aliphatic heterocycles. The molecule has 0 aliphatic carbocycles. The van der Waals surface area contributed by atoms with E-state index in [1.165, 1.54) is 22.3 Å².